The van der Waals surface area contributed by atoms with Gasteiger partial charge in [-0.1, -0.05) is 11.2 Å². The van der Waals surface area contributed by atoms with Gasteiger partial charge < -0.3 is 4.90 Å². The van der Waals surface area contributed by atoms with Gasteiger partial charge >= 0.3 is 5.51 Å². The summed E-state index contributed by atoms with van der Waals surface area (Å²) >= 11 is -0.215. The predicted octanol–water partition coefficient (Wildman–Crippen LogP) is 3.96. The van der Waals surface area contributed by atoms with E-state index in [1.54, 1.807) is 6.07 Å². The van der Waals surface area contributed by atoms with E-state index >= 15 is 0 Å². The molecule has 21 heavy (non-hydrogen) atoms. The third-order valence-electron chi connectivity index (χ3n) is 2.97. The molecule has 1 amide bonds. The van der Waals surface area contributed by atoms with Crippen molar-refractivity contribution in [2.75, 3.05) is 18.0 Å². The first-order valence-corrected chi connectivity index (χ1v) is 6.88. The minimum atomic E-state index is -4.36. The monoisotopic (exact) mass is 316 g/mol. The Labute approximate surface area is 122 Å². The van der Waals surface area contributed by atoms with E-state index in [-0.39, 0.29) is 41.4 Å². The van der Waals surface area contributed by atoms with E-state index in [0.29, 0.717) is 12.2 Å². The quantitative estimate of drug-likeness (QED) is 0.365. The Morgan fingerprint density at radius 1 is 1.48 bits per heavy atom. The van der Waals surface area contributed by atoms with Gasteiger partial charge in [0.1, 0.15) is 0 Å². The number of hydrogen-bond donors (Lipinski definition) is 0. The fraction of sp³-hybridized carbons (Fsp3) is 0.417. The number of nitrogens with zero attached hydrogens (tertiary/aromatic N) is 4. The Bertz CT molecular complexity index is 586. The molecule has 1 aromatic carbocycles. The second-order valence-electron chi connectivity index (χ2n) is 4.53. The van der Waals surface area contributed by atoms with Crippen molar-refractivity contribution in [3.8, 4) is 0 Å². The molecule has 9 heteroatoms. The minimum absolute atomic E-state index is 0.0336. The molecule has 112 valence electrons. The van der Waals surface area contributed by atoms with E-state index < -0.39 is 5.51 Å². The lowest BCUT2D eigenvalue weighted by Gasteiger charge is -2.17. The third kappa shape index (κ3) is 4.30. The van der Waals surface area contributed by atoms with Crippen molar-refractivity contribution in [3.05, 3.63) is 34.7 Å². The topological polar surface area (TPSA) is 69.1 Å². The van der Waals surface area contributed by atoms with Crippen LogP contribution in [0.1, 0.15) is 6.42 Å². The average Bonchev–Trinajstić information content (AvgIpc) is 2.76. The van der Waals surface area contributed by atoms with Crippen molar-refractivity contribution >= 4 is 23.4 Å². The lowest BCUT2D eigenvalue weighted by atomic mass is 10.1. The number of carbonyl (C=O) groups excluding carboxylic acids is 1. The van der Waals surface area contributed by atoms with Crippen molar-refractivity contribution < 1.29 is 18.0 Å². The predicted molar refractivity (Wildman–Crippen MR) is 72.8 cm³/mol. The molecule has 0 aliphatic carbocycles. The van der Waals surface area contributed by atoms with Gasteiger partial charge in [0, 0.05) is 35.0 Å². The van der Waals surface area contributed by atoms with E-state index in [1.807, 2.05) is 0 Å². The highest BCUT2D eigenvalue weighted by atomic mass is 32.2. The molecule has 0 radical (unpaired) electrons. The van der Waals surface area contributed by atoms with Crippen molar-refractivity contribution in [2.45, 2.75) is 16.8 Å². The molecule has 0 saturated carbocycles. The van der Waals surface area contributed by atoms with Gasteiger partial charge in [0.05, 0.1) is 0 Å². The number of thioether (sulfide) groups is 1. The fourth-order valence-corrected chi connectivity index (χ4v) is 2.75. The number of carbonyl (C=O) groups is 1. The van der Waals surface area contributed by atoms with Gasteiger partial charge in [-0.15, -0.1) is 0 Å². The smallest absolute Gasteiger partial charge is 0.312 e. The molecule has 5 nitrogen and oxygen atoms in total. The molecule has 2 rings (SSSR count). The first kappa shape index (κ1) is 15.5. The molecule has 1 heterocycles. The standard InChI is InChI=1S/C12H11F3N4OS/c13-12(14,15)21-10-3-1-2-9(5-10)19-7-8(4-11(19)20)6-17-18-16/h1-3,5,8H,4,6-7H2. The zero-order valence-corrected chi connectivity index (χ0v) is 11.6. The Morgan fingerprint density at radius 2 is 2.24 bits per heavy atom. The zero-order valence-electron chi connectivity index (χ0n) is 10.7. The summed E-state index contributed by atoms with van der Waals surface area (Å²) in [5.74, 6) is -0.283. The van der Waals surface area contributed by atoms with Crippen LogP contribution >= 0.6 is 11.8 Å². The zero-order chi connectivity index (χ0) is 15.5. The van der Waals surface area contributed by atoms with Gasteiger partial charge in [-0.3, -0.25) is 4.79 Å². The number of amides is 1. The van der Waals surface area contributed by atoms with Gasteiger partial charge in [0.15, 0.2) is 0 Å². The number of benzene rings is 1. The number of halogens is 3. The molecular formula is C12H11F3N4OS. The highest BCUT2D eigenvalue weighted by Gasteiger charge is 2.32. The highest BCUT2D eigenvalue weighted by Crippen LogP contribution is 2.38. The summed E-state index contributed by atoms with van der Waals surface area (Å²) in [4.78, 5) is 16.0. The van der Waals surface area contributed by atoms with Crippen LogP contribution in [0.4, 0.5) is 18.9 Å². The minimum Gasteiger partial charge on any atom is -0.312 e. The van der Waals surface area contributed by atoms with Crippen LogP contribution in [-0.2, 0) is 4.79 Å². The van der Waals surface area contributed by atoms with Crippen LogP contribution in [0.2, 0.25) is 0 Å². The number of rotatable bonds is 4. The summed E-state index contributed by atoms with van der Waals surface area (Å²) in [5.41, 5.74) is 4.34. The van der Waals surface area contributed by atoms with Crippen molar-refractivity contribution in [1.29, 1.82) is 0 Å². The molecular weight excluding hydrogens is 305 g/mol. The normalized spacial score (nSPS) is 18.7. The number of alkyl halides is 3. The lowest BCUT2D eigenvalue weighted by molar-refractivity contribution is -0.117. The number of hydrogen-bond acceptors (Lipinski definition) is 3. The van der Waals surface area contributed by atoms with Crippen molar-refractivity contribution in [2.24, 2.45) is 11.0 Å². The maximum Gasteiger partial charge on any atom is 0.446 e. The second kappa shape index (κ2) is 6.28. The first-order chi connectivity index (χ1) is 9.89. The summed E-state index contributed by atoms with van der Waals surface area (Å²) in [5, 5.41) is 3.43. The maximum atomic E-state index is 12.4. The molecule has 1 atom stereocenters. The summed E-state index contributed by atoms with van der Waals surface area (Å²) < 4.78 is 37.1. The molecule has 1 unspecified atom stereocenters. The van der Waals surface area contributed by atoms with Crippen LogP contribution in [0.15, 0.2) is 34.3 Å². The summed E-state index contributed by atoms with van der Waals surface area (Å²) in [6.07, 6.45) is 0.232. The molecule has 1 fully saturated rings. The van der Waals surface area contributed by atoms with Gasteiger partial charge in [-0.25, -0.2) is 0 Å². The molecule has 1 aliphatic heterocycles. The van der Waals surface area contributed by atoms with E-state index in [9.17, 15) is 18.0 Å². The van der Waals surface area contributed by atoms with Crippen LogP contribution < -0.4 is 4.90 Å². The SMILES string of the molecule is [N-]=[N+]=NCC1CC(=O)N(c2cccc(SC(F)(F)F)c2)C1. The average molecular weight is 316 g/mol. The lowest BCUT2D eigenvalue weighted by Crippen LogP contribution is -2.24. The highest BCUT2D eigenvalue weighted by molar-refractivity contribution is 8.00. The molecule has 1 aliphatic rings. The number of anilines is 1. The van der Waals surface area contributed by atoms with Crippen LogP contribution in [0.3, 0.4) is 0 Å². The number of azide groups is 1. The second-order valence-corrected chi connectivity index (χ2v) is 5.67. The molecule has 1 saturated heterocycles. The Morgan fingerprint density at radius 3 is 2.90 bits per heavy atom. The fourth-order valence-electron chi connectivity index (χ4n) is 2.15. The summed E-state index contributed by atoms with van der Waals surface area (Å²) in [6, 6.07) is 5.76. The summed E-state index contributed by atoms with van der Waals surface area (Å²) in [7, 11) is 0. The largest absolute Gasteiger partial charge is 0.446 e. The van der Waals surface area contributed by atoms with Crippen molar-refractivity contribution in [3.63, 3.8) is 0 Å². The van der Waals surface area contributed by atoms with Crippen LogP contribution in [0.25, 0.3) is 10.4 Å². The third-order valence-corrected chi connectivity index (χ3v) is 3.69. The van der Waals surface area contributed by atoms with E-state index in [4.69, 9.17) is 5.53 Å². The Kier molecular flexibility index (Phi) is 4.64. The van der Waals surface area contributed by atoms with Gasteiger partial charge in [-0.2, -0.15) is 13.2 Å². The molecule has 1 aromatic rings. The summed E-state index contributed by atoms with van der Waals surface area (Å²) in [6.45, 7) is 0.549. The molecule has 0 bridgehead atoms. The van der Waals surface area contributed by atoms with E-state index in [2.05, 4.69) is 10.0 Å². The van der Waals surface area contributed by atoms with Gasteiger partial charge in [-0.05, 0) is 41.4 Å². The first-order valence-electron chi connectivity index (χ1n) is 6.06. The Balaban J connectivity index is 2.13. The molecule has 0 aromatic heterocycles. The molecule has 0 spiro atoms. The van der Waals surface area contributed by atoms with Crippen LogP contribution in [0.5, 0.6) is 0 Å². The van der Waals surface area contributed by atoms with Gasteiger partial charge in [0.25, 0.3) is 0 Å². The van der Waals surface area contributed by atoms with Crippen LogP contribution in [-0.4, -0.2) is 24.5 Å². The van der Waals surface area contributed by atoms with Crippen molar-refractivity contribution in [1.82, 2.24) is 0 Å². The Hall–Kier alpha value is -1.86. The van der Waals surface area contributed by atoms with E-state index in [0.717, 1.165) is 0 Å². The maximum absolute atomic E-state index is 12.4. The molecule has 0 N–H and O–H groups in total. The van der Waals surface area contributed by atoms with E-state index in [1.165, 1.54) is 23.1 Å². The van der Waals surface area contributed by atoms with Gasteiger partial charge in [0.2, 0.25) is 5.91 Å². The van der Waals surface area contributed by atoms with Crippen LogP contribution in [0, 0.1) is 5.92 Å².